The van der Waals surface area contributed by atoms with E-state index in [1.165, 1.54) is 0 Å². The predicted molar refractivity (Wildman–Crippen MR) is 184 cm³/mol. The molecule has 1 N–H and O–H groups in total. The number of nitrogens with zero attached hydrogens (tertiary/aromatic N) is 1. The number of hydrogen-bond donors (Lipinski definition) is 1. The fourth-order valence-corrected chi connectivity index (χ4v) is 7.80. The number of esters is 1. The number of rotatable bonds is 7. The third kappa shape index (κ3) is 4.46. The van der Waals surface area contributed by atoms with Crippen LogP contribution < -0.4 is 15.0 Å². The highest BCUT2D eigenvalue weighted by atomic mass is 16.5. The molecule has 0 saturated carbocycles. The second-order valence-electron chi connectivity index (χ2n) is 12.3. The molecule has 48 heavy (non-hydrogen) atoms. The summed E-state index contributed by atoms with van der Waals surface area (Å²) in [5.41, 5.74) is 3.47. The molecule has 7 heteroatoms. The van der Waals surface area contributed by atoms with Gasteiger partial charge in [-0.15, -0.1) is 0 Å². The number of anilines is 2. The minimum atomic E-state index is -1.43. The molecular weight excluding hydrogens is 600 g/mol. The van der Waals surface area contributed by atoms with E-state index < -0.39 is 35.5 Å². The maximum atomic E-state index is 15.1. The minimum absolute atomic E-state index is 0.326. The van der Waals surface area contributed by atoms with Crippen molar-refractivity contribution in [1.29, 1.82) is 0 Å². The van der Waals surface area contributed by atoms with Crippen LogP contribution in [0.1, 0.15) is 38.7 Å². The molecule has 0 aliphatic carbocycles. The number of benzene rings is 5. The quantitative estimate of drug-likeness (QED) is 0.154. The Morgan fingerprint density at radius 3 is 2.08 bits per heavy atom. The van der Waals surface area contributed by atoms with E-state index in [0.29, 0.717) is 22.6 Å². The molecule has 0 radical (unpaired) electrons. The van der Waals surface area contributed by atoms with E-state index in [1.54, 1.807) is 31.4 Å². The third-order valence-electron chi connectivity index (χ3n) is 9.88. The van der Waals surface area contributed by atoms with Crippen LogP contribution in [0.3, 0.4) is 0 Å². The second-order valence-corrected chi connectivity index (χ2v) is 12.3. The van der Waals surface area contributed by atoms with E-state index in [9.17, 15) is 4.79 Å². The fourth-order valence-electron chi connectivity index (χ4n) is 7.80. The molecule has 4 atom stereocenters. The summed E-state index contributed by atoms with van der Waals surface area (Å²) in [4.78, 5) is 46.7. The Hall–Kier alpha value is -5.95. The van der Waals surface area contributed by atoms with Gasteiger partial charge in [-0.1, -0.05) is 109 Å². The van der Waals surface area contributed by atoms with Crippen molar-refractivity contribution in [2.75, 3.05) is 17.3 Å². The Labute approximate surface area is 278 Å². The number of hydrogen-bond acceptors (Lipinski definition) is 6. The van der Waals surface area contributed by atoms with Crippen molar-refractivity contribution in [2.24, 2.45) is 5.92 Å². The molecule has 3 aliphatic heterocycles. The lowest BCUT2D eigenvalue weighted by molar-refractivity contribution is -0.150. The summed E-state index contributed by atoms with van der Waals surface area (Å²) in [6.07, 6.45) is 3.19. The van der Waals surface area contributed by atoms with Crippen molar-refractivity contribution in [1.82, 2.24) is 0 Å². The van der Waals surface area contributed by atoms with Crippen LogP contribution in [0.2, 0.25) is 0 Å². The first-order valence-corrected chi connectivity index (χ1v) is 16.0. The van der Waals surface area contributed by atoms with E-state index in [2.05, 4.69) is 5.32 Å². The number of Topliss-reactive ketones (excluding diaryl/α,β-unsaturated/α-hetero) is 1. The molecule has 1 amide bonds. The molecule has 3 aliphatic rings. The Balaban J connectivity index is 1.35. The normalized spacial score (nSPS) is 21.8. The van der Waals surface area contributed by atoms with Crippen LogP contribution in [-0.4, -0.2) is 36.9 Å². The standard InChI is InChI=1S/C41H32N2O5/c1-47-30-23-20-27(21-24-30)37(44)35-36(39(45)48-38(28-13-4-2-5-14-28)29-15-6-3-7-16-29)43-33-19-11-8-12-26(33)22-25-34(43)41(35)31-17-9-10-18-32(31)42-40(41)46/h2-25,34-36,38H,1H3,(H,42,46)/t34-,35+,36+,41+/m1/s1. The summed E-state index contributed by atoms with van der Waals surface area (Å²) in [6.45, 7) is 0. The Morgan fingerprint density at radius 1 is 0.771 bits per heavy atom. The van der Waals surface area contributed by atoms with Gasteiger partial charge in [0.1, 0.15) is 17.2 Å². The smallest absolute Gasteiger partial charge is 0.330 e. The van der Waals surface area contributed by atoms with Crippen LogP contribution >= 0.6 is 0 Å². The number of para-hydroxylation sites is 2. The molecule has 7 nitrogen and oxygen atoms in total. The first-order valence-electron chi connectivity index (χ1n) is 16.0. The zero-order chi connectivity index (χ0) is 32.8. The largest absolute Gasteiger partial charge is 0.497 e. The van der Waals surface area contributed by atoms with Crippen LogP contribution in [-0.2, 0) is 19.7 Å². The number of carbonyl (C=O) groups excluding carboxylic acids is 3. The topological polar surface area (TPSA) is 84.9 Å². The summed E-state index contributed by atoms with van der Waals surface area (Å²) in [7, 11) is 1.56. The molecule has 0 unspecified atom stereocenters. The first-order chi connectivity index (χ1) is 23.5. The van der Waals surface area contributed by atoms with Crippen LogP contribution in [0.25, 0.3) is 6.08 Å². The number of ether oxygens (including phenoxy) is 2. The number of fused-ring (bicyclic) bond motifs is 6. The van der Waals surface area contributed by atoms with Crippen molar-refractivity contribution in [3.63, 3.8) is 0 Å². The number of carbonyl (C=O) groups is 3. The third-order valence-corrected chi connectivity index (χ3v) is 9.88. The van der Waals surface area contributed by atoms with Gasteiger partial charge in [0.2, 0.25) is 5.91 Å². The number of ketones is 1. The lowest BCUT2D eigenvalue weighted by atomic mass is 9.64. The maximum absolute atomic E-state index is 15.1. The lowest BCUT2D eigenvalue weighted by Gasteiger charge is -2.37. The summed E-state index contributed by atoms with van der Waals surface area (Å²) in [6, 6.07) is 39.3. The fraction of sp³-hybridized carbons (Fsp3) is 0.146. The summed E-state index contributed by atoms with van der Waals surface area (Å²) in [5.74, 6) is -1.80. The van der Waals surface area contributed by atoms with Gasteiger partial charge in [-0.05, 0) is 58.7 Å². The van der Waals surface area contributed by atoms with Crippen LogP contribution in [0.4, 0.5) is 11.4 Å². The highest BCUT2D eigenvalue weighted by Crippen LogP contribution is 2.58. The van der Waals surface area contributed by atoms with Crippen molar-refractivity contribution < 1.29 is 23.9 Å². The first kappa shape index (κ1) is 29.5. The number of methoxy groups -OCH3 is 1. The molecule has 3 heterocycles. The van der Waals surface area contributed by atoms with Crippen LogP contribution in [0, 0.1) is 5.92 Å². The Morgan fingerprint density at radius 2 is 1.40 bits per heavy atom. The zero-order valence-corrected chi connectivity index (χ0v) is 26.2. The molecule has 0 aromatic heterocycles. The van der Waals surface area contributed by atoms with E-state index in [-0.39, 0.29) is 11.7 Å². The average molecular weight is 633 g/mol. The molecule has 1 fully saturated rings. The summed E-state index contributed by atoms with van der Waals surface area (Å²) >= 11 is 0. The zero-order valence-electron chi connectivity index (χ0n) is 26.2. The number of amides is 1. The average Bonchev–Trinajstić information content (AvgIpc) is 3.63. The van der Waals surface area contributed by atoms with Crippen LogP contribution in [0.5, 0.6) is 5.75 Å². The Kier molecular flexibility index (Phi) is 7.17. The van der Waals surface area contributed by atoms with Gasteiger partial charge in [-0.2, -0.15) is 0 Å². The summed E-state index contributed by atoms with van der Waals surface area (Å²) in [5, 5.41) is 3.07. The highest BCUT2D eigenvalue weighted by molar-refractivity contribution is 6.16. The summed E-state index contributed by atoms with van der Waals surface area (Å²) < 4.78 is 11.9. The predicted octanol–water partition coefficient (Wildman–Crippen LogP) is 7.00. The molecule has 1 spiro atoms. The van der Waals surface area contributed by atoms with Gasteiger partial charge < -0.3 is 19.7 Å². The molecule has 8 rings (SSSR count). The Bertz CT molecular complexity index is 2020. The van der Waals surface area contributed by atoms with Gasteiger partial charge in [0.15, 0.2) is 11.9 Å². The molecule has 236 valence electrons. The lowest BCUT2D eigenvalue weighted by Crippen LogP contribution is -2.51. The SMILES string of the molecule is COc1ccc(C(=O)[C@@H]2[C@@H](C(=O)OC(c3ccccc3)c3ccccc3)N3c4ccccc4C=C[C@@H]3[C@]23C(=O)Nc2ccccc23)cc1. The van der Waals surface area contributed by atoms with Gasteiger partial charge in [0, 0.05) is 16.9 Å². The van der Waals surface area contributed by atoms with E-state index >= 15 is 9.59 Å². The van der Waals surface area contributed by atoms with Crippen molar-refractivity contribution >= 4 is 35.1 Å². The molecule has 5 aromatic rings. The monoisotopic (exact) mass is 632 g/mol. The molecule has 5 aromatic carbocycles. The van der Waals surface area contributed by atoms with E-state index in [0.717, 1.165) is 22.4 Å². The van der Waals surface area contributed by atoms with Gasteiger partial charge in [-0.25, -0.2) is 4.79 Å². The second kappa shape index (κ2) is 11.7. The molecular formula is C41H32N2O5. The van der Waals surface area contributed by atoms with Gasteiger partial charge >= 0.3 is 5.97 Å². The van der Waals surface area contributed by atoms with Crippen molar-refractivity contribution in [3.8, 4) is 5.75 Å². The maximum Gasteiger partial charge on any atom is 0.330 e. The van der Waals surface area contributed by atoms with Crippen molar-refractivity contribution in [3.05, 3.63) is 167 Å². The number of nitrogens with one attached hydrogen (secondary N) is 1. The van der Waals surface area contributed by atoms with Crippen LogP contribution in [0.15, 0.2) is 140 Å². The van der Waals surface area contributed by atoms with Crippen molar-refractivity contribution in [2.45, 2.75) is 23.6 Å². The molecule has 1 saturated heterocycles. The molecule has 0 bridgehead atoms. The van der Waals surface area contributed by atoms with Gasteiger partial charge in [-0.3, -0.25) is 9.59 Å². The van der Waals surface area contributed by atoms with Gasteiger partial charge in [0.25, 0.3) is 0 Å². The van der Waals surface area contributed by atoms with Gasteiger partial charge in [0.05, 0.1) is 19.1 Å². The minimum Gasteiger partial charge on any atom is -0.497 e. The van der Waals surface area contributed by atoms with E-state index in [1.807, 2.05) is 126 Å². The highest BCUT2D eigenvalue weighted by Gasteiger charge is 2.71. The van der Waals surface area contributed by atoms with E-state index in [4.69, 9.17) is 9.47 Å².